The van der Waals surface area contributed by atoms with Gasteiger partial charge in [0.05, 0.1) is 18.2 Å². The van der Waals surface area contributed by atoms with Crippen LogP contribution in [0.5, 0.6) is 0 Å². The lowest BCUT2D eigenvalue weighted by atomic mass is 10.1. The summed E-state index contributed by atoms with van der Waals surface area (Å²) in [6, 6.07) is 3.59. The molecule has 16 heavy (non-hydrogen) atoms. The average Bonchev–Trinajstić information content (AvgIpc) is 2.28. The van der Waals surface area contributed by atoms with Crippen molar-refractivity contribution in [2.24, 2.45) is 5.73 Å². The molecule has 0 saturated heterocycles. The van der Waals surface area contributed by atoms with Gasteiger partial charge in [-0.1, -0.05) is 0 Å². The molecule has 0 aliphatic carbocycles. The van der Waals surface area contributed by atoms with Gasteiger partial charge in [0.15, 0.2) is 5.78 Å². The van der Waals surface area contributed by atoms with Crippen LogP contribution in [0.1, 0.15) is 27.1 Å². The number of carbonyl (C=O) groups is 2. The van der Waals surface area contributed by atoms with Gasteiger partial charge in [0.1, 0.15) is 5.82 Å². The molecule has 0 spiro atoms. The summed E-state index contributed by atoms with van der Waals surface area (Å²) in [7, 11) is 1.20. The van der Waals surface area contributed by atoms with Crippen molar-refractivity contribution in [2.75, 3.05) is 13.7 Å². The number of nitrogens with two attached hydrogens (primary N) is 1. The Morgan fingerprint density at radius 1 is 1.44 bits per heavy atom. The van der Waals surface area contributed by atoms with E-state index in [9.17, 15) is 14.0 Å². The van der Waals surface area contributed by atoms with Gasteiger partial charge < -0.3 is 10.5 Å². The number of hydrogen-bond donors (Lipinski definition) is 1. The highest BCUT2D eigenvalue weighted by atomic mass is 19.1. The summed E-state index contributed by atoms with van der Waals surface area (Å²) in [5, 5.41) is 0. The molecule has 4 nitrogen and oxygen atoms in total. The second kappa shape index (κ2) is 5.37. The van der Waals surface area contributed by atoms with E-state index in [1.807, 2.05) is 0 Å². The highest BCUT2D eigenvalue weighted by Crippen LogP contribution is 2.13. The highest BCUT2D eigenvalue weighted by molar-refractivity contribution is 5.98. The minimum Gasteiger partial charge on any atom is -0.465 e. The largest absolute Gasteiger partial charge is 0.465 e. The summed E-state index contributed by atoms with van der Waals surface area (Å²) in [6.45, 7) is 0.164. The van der Waals surface area contributed by atoms with Crippen LogP contribution >= 0.6 is 0 Å². The summed E-state index contributed by atoms with van der Waals surface area (Å²) < 4.78 is 17.9. The van der Waals surface area contributed by atoms with Crippen molar-refractivity contribution < 1.29 is 18.7 Å². The van der Waals surface area contributed by atoms with Crippen molar-refractivity contribution in [3.8, 4) is 0 Å². The lowest BCUT2D eigenvalue weighted by Crippen LogP contribution is -2.11. The van der Waals surface area contributed by atoms with Crippen molar-refractivity contribution in [3.05, 3.63) is 35.1 Å². The molecule has 0 heterocycles. The first kappa shape index (κ1) is 12.3. The summed E-state index contributed by atoms with van der Waals surface area (Å²) >= 11 is 0. The molecule has 0 bridgehead atoms. The monoisotopic (exact) mass is 225 g/mol. The zero-order valence-electron chi connectivity index (χ0n) is 8.83. The maximum absolute atomic E-state index is 13.5. The second-order valence-electron chi connectivity index (χ2n) is 3.15. The number of carbonyl (C=O) groups excluding carboxylic acids is 2. The Balaban J connectivity index is 3.00. The van der Waals surface area contributed by atoms with Crippen LogP contribution in [0, 0.1) is 5.82 Å². The first-order valence-electron chi connectivity index (χ1n) is 4.71. The van der Waals surface area contributed by atoms with E-state index < -0.39 is 11.8 Å². The molecule has 1 rings (SSSR count). The van der Waals surface area contributed by atoms with E-state index in [2.05, 4.69) is 4.74 Å². The van der Waals surface area contributed by atoms with Crippen LogP contribution in [-0.2, 0) is 4.74 Å². The second-order valence-corrected chi connectivity index (χ2v) is 3.15. The zero-order valence-corrected chi connectivity index (χ0v) is 8.83. The van der Waals surface area contributed by atoms with E-state index in [0.29, 0.717) is 0 Å². The van der Waals surface area contributed by atoms with E-state index >= 15 is 0 Å². The molecule has 0 amide bonds. The van der Waals surface area contributed by atoms with E-state index in [4.69, 9.17) is 5.73 Å². The molecule has 0 fully saturated rings. The molecule has 1 aromatic rings. The molecular formula is C11H12FNO3. The smallest absolute Gasteiger partial charge is 0.337 e. The summed E-state index contributed by atoms with van der Waals surface area (Å²) in [5.74, 6) is -1.76. The van der Waals surface area contributed by atoms with Gasteiger partial charge in [-0.3, -0.25) is 4.79 Å². The van der Waals surface area contributed by atoms with Gasteiger partial charge >= 0.3 is 5.97 Å². The van der Waals surface area contributed by atoms with E-state index in [0.717, 1.165) is 6.07 Å². The fourth-order valence-corrected chi connectivity index (χ4v) is 1.25. The minimum absolute atomic E-state index is 0.0573. The number of hydrogen-bond acceptors (Lipinski definition) is 4. The molecule has 5 heteroatoms. The third-order valence-corrected chi connectivity index (χ3v) is 2.06. The van der Waals surface area contributed by atoms with Crippen LogP contribution in [0.2, 0.25) is 0 Å². The molecule has 0 saturated carbocycles. The summed E-state index contributed by atoms with van der Waals surface area (Å²) in [6.07, 6.45) is 0.0779. The Kier molecular flexibility index (Phi) is 4.13. The standard InChI is InChI=1S/C11H12FNO3/c1-16-11(15)7-2-3-8(9(12)6-7)10(14)4-5-13/h2-3,6H,4-5,13H2,1H3. The number of Topliss-reactive ketones (excluding diaryl/α,β-unsaturated/α-hetero) is 1. The molecule has 2 N–H and O–H groups in total. The maximum atomic E-state index is 13.5. The van der Waals surface area contributed by atoms with Crippen LogP contribution in [0.3, 0.4) is 0 Å². The molecule has 0 aliphatic rings. The molecule has 0 atom stereocenters. The van der Waals surface area contributed by atoms with Crippen molar-refractivity contribution >= 4 is 11.8 Å². The zero-order chi connectivity index (χ0) is 12.1. The van der Waals surface area contributed by atoms with Crippen LogP contribution in [0.25, 0.3) is 0 Å². The van der Waals surface area contributed by atoms with Crippen LogP contribution in [0.15, 0.2) is 18.2 Å². The predicted octanol–water partition coefficient (Wildman–Crippen LogP) is 1.14. The Labute approximate surface area is 92.2 Å². The third kappa shape index (κ3) is 2.64. The Hall–Kier alpha value is -1.75. The predicted molar refractivity (Wildman–Crippen MR) is 55.7 cm³/mol. The molecule has 86 valence electrons. The number of benzene rings is 1. The highest BCUT2D eigenvalue weighted by Gasteiger charge is 2.14. The van der Waals surface area contributed by atoms with E-state index in [1.165, 1.54) is 19.2 Å². The molecular weight excluding hydrogens is 213 g/mol. The molecule has 0 unspecified atom stereocenters. The van der Waals surface area contributed by atoms with E-state index in [1.54, 1.807) is 0 Å². The maximum Gasteiger partial charge on any atom is 0.337 e. The number of ketones is 1. The number of rotatable bonds is 4. The van der Waals surface area contributed by atoms with Gasteiger partial charge in [-0.25, -0.2) is 9.18 Å². The fourth-order valence-electron chi connectivity index (χ4n) is 1.25. The van der Waals surface area contributed by atoms with Gasteiger partial charge in [-0.15, -0.1) is 0 Å². The Morgan fingerprint density at radius 2 is 2.12 bits per heavy atom. The van der Waals surface area contributed by atoms with Crippen molar-refractivity contribution in [2.45, 2.75) is 6.42 Å². The van der Waals surface area contributed by atoms with Crippen LogP contribution < -0.4 is 5.73 Å². The molecule has 0 aliphatic heterocycles. The SMILES string of the molecule is COC(=O)c1ccc(C(=O)CCN)c(F)c1. The van der Waals surface area contributed by atoms with Crippen LogP contribution in [0.4, 0.5) is 4.39 Å². The van der Waals surface area contributed by atoms with Gasteiger partial charge in [0.25, 0.3) is 0 Å². The lowest BCUT2D eigenvalue weighted by molar-refractivity contribution is 0.0599. The van der Waals surface area contributed by atoms with Gasteiger partial charge in [0.2, 0.25) is 0 Å². The van der Waals surface area contributed by atoms with Gasteiger partial charge in [0, 0.05) is 6.42 Å². The minimum atomic E-state index is -0.735. The van der Waals surface area contributed by atoms with Crippen molar-refractivity contribution in [1.29, 1.82) is 0 Å². The topological polar surface area (TPSA) is 69.4 Å². The quantitative estimate of drug-likeness (QED) is 0.616. The Morgan fingerprint density at radius 3 is 2.62 bits per heavy atom. The Bertz CT molecular complexity index is 418. The average molecular weight is 225 g/mol. The molecule has 0 radical (unpaired) electrons. The lowest BCUT2D eigenvalue weighted by Gasteiger charge is -2.03. The van der Waals surface area contributed by atoms with Gasteiger partial charge in [-0.05, 0) is 24.7 Å². The number of esters is 1. The number of methoxy groups -OCH3 is 1. The first-order valence-corrected chi connectivity index (χ1v) is 4.71. The van der Waals surface area contributed by atoms with Crippen molar-refractivity contribution in [3.63, 3.8) is 0 Å². The number of ether oxygens (including phenoxy) is 1. The van der Waals surface area contributed by atoms with E-state index in [-0.39, 0.29) is 29.9 Å². The summed E-state index contributed by atoms with van der Waals surface area (Å²) in [4.78, 5) is 22.5. The molecule has 1 aromatic carbocycles. The summed E-state index contributed by atoms with van der Waals surface area (Å²) in [5.41, 5.74) is 5.22. The van der Waals surface area contributed by atoms with Gasteiger partial charge in [-0.2, -0.15) is 0 Å². The van der Waals surface area contributed by atoms with Crippen LogP contribution in [-0.4, -0.2) is 25.4 Å². The first-order chi connectivity index (χ1) is 7.60. The third-order valence-electron chi connectivity index (χ3n) is 2.06. The number of halogens is 1. The fraction of sp³-hybridized carbons (Fsp3) is 0.273. The normalized spacial score (nSPS) is 9.94. The molecule has 0 aromatic heterocycles. The van der Waals surface area contributed by atoms with Crippen molar-refractivity contribution in [1.82, 2.24) is 0 Å².